The minimum Gasteiger partial charge on any atom is -0.497 e. The van der Waals surface area contributed by atoms with Crippen molar-refractivity contribution in [2.24, 2.45) is 0 Å². The first-order valence-corrected chi connectivity index (χ1v) is 11.3. The summed E-state index contributed by atoms with van der Waals surface area (Å²) < 4.78 is 43.2. The van der Waals surface area contributed by atoms with Gasteiger partial charge in [0.05, 0.1) is 31.2 Å². The highest BCUT2D eigenvalue weighted by Crippen LogP contribution is 2.33. The Hall–Kier alpha value is -2.45. The normalized spacial score (nSPS) is 23.8. The van der Waals surface area contributed by atoms with Crippen LogP contribution in [-0.2, 0) is 21.1 Å². The fraction of sp³-hybridized carbons (Fsp3) is 0.381. The Morgan fingerprint density at radius 2 is 1.83 bits per heavy atom. The van der Waals surface area contributed by atoms with Crippen LogP contribution in [0.25, 0.3) is 0 Å². The highest BCUT2D eigenvalue weighted by Gasteiger charge is 2.49. The second-order valence-corrected chi connectivity index (χ2v) is 9.68. The smallest absolute Gasteiger partial charge is 0.241 e. The van der Waals surface area contributed by atoms with Crippen LogP contribution in [0.5, 0.6) is 5.75 Å². The van der Waals surface area contributed by atoms with Gasteiger partial charge in [-0.2, -0.15) is 0 Å². The highest BCUT2D eigenvalue weighted by atomic mass is 32.2. The molecule has 0 spiro atoms. The number of amides is 1. The molecule has 2 aromatic rings. The number of fused-ring (bicyclic) bond motifs is 1. The highest BCUT2D eigenvalue weighted by molar-refractivity contribution is 7.91. The third kappa shape index (κ3) is 4.13. The van der Waals surface area contributed by atoms with Gasteiger partial charge in [-0.3, -0.25) is 9.69 Å². The lowest BCUT2D eigenvalue weighted by Crippen LogP contribution is -2.62. The lowest BCUT2D eigenvalue weighted by atomic mass is 10.0. The van der Waals surface area contributed by atoms with E-state index in [0.717, 1.165) is 5.56 Å². The Balaban J connectivity index is 1.58. The molecule has 0 aromatic heterocycles. The van der Waals surface area contributed by atoms with E-state index in [2.05, 4.69) is 0 Å². The molecule has 4 rings (SSSR count). The first-order chi connectivity index (χ1) is 13.9. The third-order valence-corrected chi connectivity index (χ3v) is 7.33. The molecule has 0 radical (unpaired) electrons. The maximum absolute atomic E-state index is 13.1. The Kier molecular flexibility index (Phi) is 5.31. The first-order valence-electron chi connectivity index (χ1n) is 9.51. The van der Waals surface area contributed by atoms with Crippen LogP contribution in [0.2, 0.25) is 0 Å². The molecule has 2 saturated heterocycles. The van der Waals surface area contributed by atoms with Crippen LogP contribution in [0.4, 0.5) is 10.1 Å². The van der Waals surface area contributed by atoms with E-state index >= 15 is 0 Å². The van der Waals surface area contributed by atoms with Gasteiger partial charge in [0.15, 0.2) is 9.84 Å². The number of methoxy groups -OCH3 is 1. The molecule has 2 heterocycles. The largest absolute Gasteiger partial charge is 0.497 e. The zero-order valence-corrected chi connectivity index (χ0v) is 16.9. The molecule has 0 aliphatic carbocycles. The summed E-state index contributed by atoms with van der Waals surface area (Å²) in [6.07, 6.45) is 0.621. The monoisotopic (exact) mass is 418 g/mol. The van der Waals surface area contributed by atoms with Crippen molar-refractivity contribution in [2.45, 2.75) is 18.5 Å². The van der Waals surface area contributed by atoms with E-state index in [1.54, 1.807) is 48.4 Å². The summed E-state index contributed by atoms with van der Waals surface area (Å²) in [6, 6.07) is 12.7. The van der Waals surface area contributed by atoms with E-state index in [0.29, 0.717) is 24.4 Å². The molecule has 29 heavy (non-hydrogen) atoms. The van der Waals surface area contributed by atoms with E-state index in [1.165, 1.54) is 12.1 Å². The van der Waals surface area contributed by atoms with Gasteiger partial charge in [0, 0.05) is 24.3 Å². The van der Waals surface area contributed by atoms with Gasteiger partial charge < -0.3 is 9.64 Å². The maximum Gasteiger partial charge on any atom is 0.241 e. The average molecular weight is 418 g/mol. The minimum atomic E-state index is -3.25. The fourth-order valence-corrected chi connectivity index (χ4v) is 6.20. The summed E-state index contributed by atoms with van der Waals surface area (Å²) in [5, 5.41) is 0. The number of piperazine rings is 1. The van der Waals surface area contributed by atoms with Crippen molar-refractivity contribution in [1.29, 1.82) is 0 Å². The molecule has 0 saturated carbocycles. The Labute approximate surface area is 169 Å². The minimum absolute atomic E-state index is 0.0365. The standard InChI is InChI=1S/C21H23FN2O4S/c1-28-18-4-2-3-17(11-18)24-20-14-29(26,27)13-19(20)23(12-21(24)25)10-9-15-5-7-16(22)8-6-15/h2-8,11,19-20H,9-10,12-14H2,1H3/t19-,20+/m1/s1. The molecule has 2 fully saturated rings. The number of anilines is 1. The molecule has 0 N–H and O–H groups in total. The predicted molar refractivity (Wildman–Crippen MR) is 108 cm³/mol. The number of carbonyl (C=O) groups is 1. The molecule has 2 aliphatic rings. The summed E-state index contributed by atoms with van der Waals surface area (Å²) in [4.78, 5) is 16.6. The van der Waals surface area contributed by atoms with E-state index < -0.39 is 15.9 Å². The summed E-state index contributed by atoms with van der Waals surface area (Å²) in [7, 11) is -1.69. The van der Waals surface area contributed by atoms with Crippen molar-refractivity contribution in [3.63, 3.8) is 0 Å². The SMILES string of the molecule is COc1cccc(N2C(=O)CN(CCc3ccc(F)cc3)[C@@H]3CS(=O)(=O)C[C@@H]32)c1. The van der Waals surface area contributed by atoms with E-state index in [-0.39, 0.29) is 35.8 Å². The second-order valence-electron chi connectivity index (χ2n) is 7.52. The van der Waals surface area contributed by atoms with Gasteiger partial charge >= 0.3 is 0 Å². The van der Waals surface area contributed by atoms with Crippen LogP contribution in [-0.4, -0.2) is 63.0 Å². The number of nitrogens with zero attached hydrogens (tertiary/aromatic N) is 2. The van der Waals surface area contributed by atoms with Crippen LogP contribution < -0.4 is 9.64 Å². The average Bonchev–Trinajstić information content (AvgIpc) is 3.02. The summed E-state index contributed by atoms with van der Waals surface area (Å²) >= 11 is 0. The molecule has 154 valence electrons. The van der Waals surface area contributed by atoms with E-state index in [1.807, 2.05) is 4.90 Å². The molecule has 2 atom stereocenters. The van der Waals surface area contributed by atoms with Gasteiger partial charge in [0.25, 0.3) is 0 Å². The second kappa shape index (κ2) is 7.76. The number of benzene rings is 2. The zero-order chi connectivity index (χ0) is 20.6. The van der Waals surface area contributed by atoms with Gasteiger partial charge in [-0.15, -0.1) is 0 Å². The maximum atomic E-state index is 13.1. The third-order valence-electron chi connectivity index (χ3n) is 5.63. The topological polar surface area (TPSA) is 66.9 Å². The summed E-state index contributed by atoms with van der Waals surface area (Å²) in [5.41, 5.74) is 1.60. The van der Waals surface area contributed by atoms with Crippen LogP contribution in [0.3, 0.4) is 0 Å². The number of rotatable bonds is 5. The van der Waals surface area contributed by atoms with Crippen molar-refractivity contribution in [3.8, 4) is 5.75 Å². The number of sulfone groups is 1. The lowest BCUT2D eigenvalue weighted by Gasteiger charge is -2.43. The molecule has 6 nitrogen and oxygen atoms in total. The Morgan fingerprint density at radius 1 is 1.10 bits per heavy atom. The molecule has 2 aliphatic heterocycles. The summed E-state index contributed by atoms with van der Waals surface area (Å²) in [5.74, 6) is 0.183. The van der Waals surface area contributed by atoms with Crippen molar-refractivity contribution in [3.05, 3.63) is 59.9 Å². The number of hydrogen-bond donors (Lipinski definition) is 0. The van der Waals surface area contributed by atoms with Crippen LogP contribution >= 0.6 is 0 Å². The summed E-state index contributed by atoms with van der Waals surface area (Å²) in [6.45, 7) is 0.690. The number of hydrogen-bond acceptors (Lipinski definition) is 5. The van der Waals surface area contributed by atoms with Crippen LogP contribution in [0.1, 0.15) is 5.56 Å². The first kappa shape index (κ1) is 19.8. The van der Waals surface area contributed by atoms with Gasteiger partial charge in [-0.1, -0.05) is 18.2 Å². The van der Waals surface area contributed by atoms with E-state index in [9.17, 15) is 17.6 Å². The zero-order valence-electron chi connectivity index (χ0n) is 16.1. The number of ether oxygens (including phenoxy) is 1. The van der Waals surface area contributed by atoms with Crippen molar-refractivity contribution >= 4 is 21.4 Å². The molecule has 0 bridgehead atoms. The molecule has 1 amide bonds. The predicted octanol–water partition coefficient (Wildman–Crippen LogP) is 1.89. The lowest BCUT2D eigenvalue weighted by molar-refractivity contribution is -0.123. The van der Waals surface area contributed by atoms with E-state index in [4.69, 9.17) is 4.74 Å². The van der Waals surface area contributed by atoms with Gasteiger partial charge in [-0.25, -0.2) is 12.8 Å². The molecular formula is C21H23FN2O4S. The molecule has 8 heteroatoms. The van der Waals surface area contributed by atoms with Crippen molar-refractivity contribution in [2.75, 3.05) is 36.6 Å². The van der Waals surface area contributed by atoms with Crippen LogP contribution in [0, 0.1) is 5.82 Å². The molecular weight excluding hydrogens is 395 g/mol. The Morgan fingerprint density at radius 3 is 2.55 bits per heavy atom. The van der Waals surface area contributed by atoms with Gasteiger partial charge in [0.1, 0.15) is 11.6 Å². The number of carbonyl (C=O) groups excluding carboxylic acids is 1. The number of halogens is 1. The molecule has 2 aromatic carbocycles. The van der Waals surface area contributed by atoms with Gasteiger partial charge in [0.2, 0.25) is 5.91 Å². The molecule has 0 unspecified atom stereocenters. The van der Waals surface area contributed by atoms with Crippen molar-refractivity contribution in [1.82, 2.24) is 4.90 Å². The van der Waals surface area contributed by atoms with Crippen LogP contribution in [0.15, 0.2) is 48.5 Å². The fourth-order valence-electron chi connectivity index (χ4n) is 4.22. The quantitative estimate of drug-likeness (QED) is 0.742. The Bertz CT molecular complexity index is 1010. The van der Waals surface area contributed by atoms with Gasteiger partial charge in [-0.05, 0) is 36.2 Å². The van der Waals surface area contributed by atoms with Crippen molar-refractivity contribution < 1.29 is 22.3 Å².